The topological polar surface area (TPSA) is 103 Å². The Hall–Kier alpha value is -0.730. The van der Waals surface area contributed by atoms with Crippen molar-refractivity contribution in [2.45, 2.75) is 116 Å². The van der Waals surface area contributed by atoms with E-state index in [1.54, 1.807) is 13.8 Å². The van der Waals surface area contributed by atoms with Crippen LogP contribution in [0.5, 0.6) is 0 Å². The van der Waals surface area contributed by atoms with E-state index in [1.165, 1.54) is 64.2 Å². The third kappa shape index (κ3) is 17.8. The molecule has 29 heavy (non-hydrogen) atoms. The Morgan fingerprint density at radius 3 is 1.79 bits per heavy atom. The maximum Gasteiger partial charge on any atom is 0.230 e. The van der Waals surface area contributed by atoms with Crippen molar-refractivity contribution in [1.29, 1.82) is 0 Å². The highest BCUT2D eigenvalue weighted by Gasteiger charge is 2.19. The van der Waals surface area contributed by atoms with Gasteiger partial charge in [0.1, 0.15) is 0 Å². The van der Waals surface area contributed by atoms with E-state index < -0.39 is 12.2 Å². The molecule has 0 spiro atoms. The van der Waals surface area contributed by atoms with Crippen molar-refractivity contribution in [2.75, 3.05) is 19.7 Å². The van der Waals surface area contributed by atoms with Crippen LogP contribution in [0.4, 0.5) is 0 Å². The summed E-state index contributed by atoms with van der Waals surface area (Å²) in [6.07, 6.45) is 13.8. The van der Waals surface area contributed by atoms with Gasteiger partial charge in [0.2, 0.25) is 6.41 Å². The number of hydrogen-bond acceptors (Lipinski definition) is 6. The van der Waals surface area contributed by atoms with E-state index in [9.17, 15) is 15.0 Å². The molecule has 7 heteroatoms. The second-order valence-corrected chi connectivity index (χ2v) is 8.14. The molecule has 0 aliphatic carbocycles. The molecule has 0 saturated heterocycles. The molecule has 0 saturated carbocycles. The van der Waals surface area contributed by atoms with Crippen LogP contribution >= 0.6 is 0 Å². The smallest absolute Gasteiger partial charge is 0.230 e. The Kier molecular flexibility index (Phi) is 20.0. The van der Waals surface area contributed by atoms with Gasteiger partial charge in [-0.2, -0.15) is 0 Å². The number of rotatable bonds is 22. The van der Waals surface area contributed by atoms with E-state index >= 15 is 0 Å². The van der Waals surface area contributed by atoms with E-state index in [0.717, 1.165) is 13.0 Å². The number of nitrogens with one attached hydrogen (secondary N) is 3. The van der Waals surface area contributed by atoms with Gasteiger partial charge in [0.15, 0.2) is 0 Å². The molecule has 0 heterocycles. The molecule has 1 amide bonds. The number of aliphatic hydroxyl groups excluding tert-OH is 2. The van der Waals surface area contributed by atoms with E-state index in [1.807, 2.05) is 0 Å². The number of unbranched alkanes of at least 4 members (excludes halogenated alkanes) is 10. The highest BCUT2D eigenvalue weighted by Crippen LogP contribution is 2.11. The summed E-state index contributed by atoms with van der Waals surface area (Å²) in [4.78, 5) is 15.2. The lowest BCUT2D eigenvalue weighted by Crippen LogP contribution is -2.52. The van der Waals surface area contributed by atoms with Crippen molar-refractivity contribution in [3.63, 3.8) is 0 Å². The normalized spacial score (nSPS) is 15.6. The SMILES string of the molecule is CCCCCCCCCCCCCNC(CNC(CONC=O)C(C)O)C(C)O. The molecule has 4 atom stereocenters. The Bertz CT molecular complexity index is 357. The highest BCUT2D eigenvalue weighted by atomic mass is 16.6. The minimum atomic E-state index is -0.634. The van der Waals surface area contributed by atoms with Gasteiger partial charge in [-0.15, -0.1) is 0 Å². The van der Waals surface area contributed by atoms with Crippen LogP contribution in [-0.4, -0.2) is 60.6 Å². The van der Waals surface area contributed by atoms with Crippen LogP contribution in [0.2, 0.25) is 0 Å². The Morgan fingerprint density at radius 2 is 1.31 bits per heavy atom. The summed E-state index contributed by atoms with van der Waals surface area (Å²) in [5, 5.41) is 26.4. The zero-order valence-corrected chi connectivity index (χ0v) is 19.0. The summed E-state index contributed by atoms with van der Waals surface area (Å²) in [7, 11) is 0. The molecule has 0 rings (SSSR count). The van der Waals surface area contributed by atoms with Gasteiger partial charge in [0.05, 0.1) is 24.9 Å². The largest absolute Gasteiger partial charge is 0.392 e. The highest BCUT2D eigenvalue weighted by molar-refractivity contribution is 5.43. The number of hydroxylamine groups is 1. The van der Waals surface area contributed by atoms with E-state index in [0.29, 0.717) is 13.0 Å². The maximum absolute atomic E-state index is 10.2. The molecule has 0 aromatic heterocycles. The quantitative estimate of drug-likeness (QED) is 0.105. The molecule has 0 radical (unpaired) electrons. The van der Waals surface area contributed by atoms with Crippen molar-refractivity contribution < 1.29 is 19.8 Å². The summed E-state index contributed by atoms with van der Waals surface area (Å²) in [6.45, 7) is 7.22. The fourth-order valence-corrected chi connectivity index (χ4v) is 3.31. The number of amides is 1. The lowest BCUT2D eigenvalue weighted by molar-refractivity contribution is -0.122. The Labute approximate surface area is 178 Å². The molecule has 0 aromatic carbocycles. The molecule has 4 unspecified atom stereocenters. The lowest BCUT2D eigenvalue weighted by atomic mass is 10.1. The van der Waals surface area contributed by atoms with Gasteiger partial charge in [-0.05, 0) is 26.8 Å². The third-order valence-electron chi connectivity index (χ3n) is 5.35. The zero-order valence-electron chi connectivity index (χ0n) is 19.0. The second kappa shape index (κ2) is 20.5. The summed E-state index contributed by atoms with van der Waals surface area (Å²) in [5.41, 5.74) is 2.13. The second-order valence-electron chi connectivity index (χ2n) is 8.14. The molecule has 5 N–H and O–H groups in total. The molecule has 7 nitrogen and oxygen atoms in total. The van der Waals surface area contributed by atoms with E-state index in [4.69, 9.17) is 4.84 Å². The molecule has 0 aliphatic heterocycles. The van der Waals surface area contributed by atoms with Crippen molar-refractivity contribution in [1.82, 2.24) is 16.1 Å². The summed E-state index contributed by atoms with van der Waals surface area (Å²) in [5.74, 6) is 0. The van der Waals surface area contributed by atoms with Crippen molar-refractivity contribution >= 4 is 6.41 Å². The zero-order chi connectivity index (χ0) is 21.7. The first-order valence-electron chi connectivity index (χ1n) is 11.7. The third-order valence-corrected chi connectivity index (χ3v) is 5.35. The number of carbonyl (C=O) groups excluding carboxylic acids is 1. The first-order chi connectivity index (χ1) is 14.0. The van der Waals surface area contributed by atoms with Crippen LogP contribution in [-0.2, 0) is 9.63 Å². The van der Waals surface area contributed by atoms with E-state index in [-0.39, 0.29) is 18.7 Å². The van der Waals surface area contributed by atoms with E-state index in [2.05, 4.69) is 23.0 Å². The number of aliphatic hydroxyl groups is 2. The van der Waals surface area contributed by atoms with Gasteiger partial charge in [-0.3, -0.25) is 9.63 Å². The van der Waals surface area contributed by atoms with Gasteiger partial charge in [-0.25, -0.2) is 5.48 Å². The fourth-order valence-electron chi connectivity index (χ4n) is 3.31. The standard InChI is InChI=1S/C22H47N3O4/c1-4-5-6-7-8-9-10-11-12-13-14-15-23-21(19(2)27)16-24-22(20(3)28)17-29-25-18-26/h18-24,27-28H,4-17H2,1-3H3,(H,25,26). The van der Waals surface area contributed by atoms with Gasteiger partial charge in [0, 0.05) is 12.6 Å². The van der Waals surface area contributed by atoms with Crippen LogP contribution in [0.15, 0.2) is 0 Å². The Morgan fingerprint density at radius 1 is 0.793 bits per heavy atom. The molecule has 0 aliphatic rings. The maximum atomic E-state index is 10.2. The summed E-state index contributed by atoms with van der Waals surface area (Å²) >= 11 is 0. The average molecular weight is 418 g/mol. The van der Waals surface area contributed by atoms with Gasteiger partial charge < -0.3 is 20.8 Å². The van der Waals surface area contributed by atoms with Crippen LogP contribution in [0.1, 0.15) is 91.4 Å². The molecule has 0 bridgehead atoms. The molecular weight excluding hydrogens is 370 g/mol. The summed E-state index contributed by atoms with van der Waals surface area (Å²) < 4.78 is 0. The van der Waals surface area contributed by atoms with Crippen molar-refractivity contribution in [2.24, 2.45) is 0 Å². The van der Waals surface area contributed by atoms with Crippen LogP contribution in [0, 0.1) is 0 Å². The first kappa shape index (κ1) is 28.3. The first-order valence-corrected chi connectivity index (χ1v) is 11.7. The predicted molar refractivity (Wildman–Crippen MR) is 119 cm³/mol. The van der Waals surface area contributed by atoms with Gasteiger partial charge >= 0.3 is 0 Å². The number of hydrogen-bond donors (Lipinski definition) is 5. The lowest BCUT2D eigenvalue weighted by Gasteiger charge is -2.27. The molecule has 174 valence electrons. The van der Waals surface area contributed by atoms with Crippen LogP contribution in [0.3, 0.4) is 0 Å². The van der Waals surface area contributed by atoms with Crippen molar-refractivity contribution in [3.05, 3.63) is 0 Å². The molecule has 0 aromatic rings. The minimum Gasteiger partial charge on any atom is -0.392 e. The fraction of sp³-hybridized carbons (Fsp3) is 0.955. The molecular formula is C22H47N3O4. The van der Waals surface area contributed by atoms with Gasteiger partial charge in [-0.1, -0.05) is 71.1 Å². The minimum absolute atomic E-state index is 0.0987. The summed E-state index contributed by atoms with van der Waals surface area (Å²) in [6, 6.07) is -0.425. The van der Waals surface area contributed by atoms with Crippen molar-refractivity contribution in [3.8, 4) is 0 Å². The Balaban J connectivity index is 3.79. The predicted octanol–water partition coefficient (Wildman–Crippen LogP) is 2.65. The molecule has 0 fully saturated rings. The van der Waals surface area contributed by atoms with Crippen LogP contribution < -0.4 is 16.1 Å². The van der Waals surface area contributed by atoms with Crippen LogP contribution in [0.25, 0.3) is 0 Å². The van der Waals surface area contributed by atoms with Gasteiger partial charge in [0.25, 0.3) is 0 Å². The number of carbonyl (C=O) groups is 1. The average Bonchev–Trinajstić information content (AvgIpc) is 2.69. The monoisotopic (exact) mass is 417 g/mol.